The fourth-order valence-electron chi connectivity index (χ4n) is 3.37. The van der Waals surface area contributed by atoms with Crippen LogP contribution < -0.4 is 20.1 Å². The van der Waals surface area contributed by atoms with Crippen LogP contribution in [0.25, 0.3) is 0 Å². The van der Waals surface area contributed by atoms with Crippen molar-refractivity contribution < 1.29 is 9.47 Å². The highest BCUT2D eigenvalue weighted by Gasteiger charge is 2.34. The maximum Gasteiger partial charge on any atom is 0.191 e. The van der Waals surface area contributed by atoms with Crippen molar-refractivity contribution in [2.75, 3.05) is 34.4 Å². The van der Waals surface area contributed by atoms with Crippen molar-refractivity contribution in [3.8, 4) is 11.5 Å². The summed E-state index contributed by atoms with van der Waals surface area (Å²) in [6.07, 6.45) is 2.37. The van der Waals surface area contributed by atoms with Crippen LogP contribution in [0.5, 0.6) is 11.5 Å². The van der Waals surface area contributed by atoms with Crippen molar-refractivity contribution in [3.63, 3.8) is 0 Å². The van der Waals surface area contributed by atoms with E-state index in [0.29, 0.717) is 12.1 Å². The molecule has 0 bridgehead atoms. The minimum absolute atomic E-state index is 0.438. The van der Waals surface area contributed by atoms with E-state index in [2.05, 4.69) is 39.6 Å². The molecule has 1 saturated heterocycles. The summed E-state index contributed by atoms with van der Waals surface area (Å²) in [4.78, 5) is 6.82. The van der Waals surface area contributed by atoms with Gasteiger partial charge >= 0.3 is 0 Å². The van der Waals surface area contributed by atoms with Crippen LogP contribution >= 0.6 is 0 Å². The molecule has 0 aromatic heterocycles. The summed E-state index contributed by atoms with van der Waals surface area (Å²) in [7, 11) is 5.22. The summed E-state index contributed by atoms with van der Waals surface area (Å²) in [6, 6.07) is 7.10. The first-order valence-electron chi connectivity index (χ1n) is 9.05. The molecule has 1 heterocycles. The largest absolute Gasteiger partial charge is 0.497 e. The Morgan fingerprint density at radius 1 is 1.20 bits per heavy atom. The van der Waals surface area contributed by atoms with Crippen LogP contribution in [0.3, 0.4) is 0 Å². The highest BCUT2D eigenvalue weighted by molar-refractivity contribution is 5.80. The number of benzene rings is 1. The summed E-state index contributed by atoms with van der Waals surface area (Å²) >= 11 is 0. The zero-order chi connectivity index (χ0) is 17.8. The van der Waals surface area contributed by atoms with Crippen LogP contribution in [0.1, 0.15) is 25.3 Å². The third-order valence-electron chi connectivity index (χ3n) is 5.09. The first-order chi connectivity index (χ1) is 12.1. The van der Waals surface area contributed by atoms with Gasteiger partial charge in [0.2, 0.25) is 0 Å². The number of nitrogens with zero attached hydrogens (tertiary/aromatic N) is 2. The molecule has 1 aliphatic heterocycles. The van der Waals surface area contributed by atoms with Gasteiger partial charge in [0.25, 0.3) is 0 Å². The Morgan fingerprint density at radius 2 is 1.88 bits per heavy atom. The number of ether oxygens (including phenoxy) is 2. The van der Waals surface area contributed by atoms with E-state index in [1.807, 2.05) is 13.1 Å². The average molecular weight is 346 g/mol. The van der Waals surface area contributed by atoms with Gasteiger partial charge in [0.05, 0.1) is 14.2 Å². The van der Waals surface area contributed by atoms with Gasteiger partial charge in [-0.25, -0.2) is 0 Å². The molecule has 1 aromatic carbocycles. The summed E-state index contributed by atoms with van der Waals surface area (Å²) < 4.78 is 10.7. The van der Waals surface area contributed by atoms with Gasteiger partial charge in [-0.3, -0.25) is 9.89 Å². The minimum atomic E-state index is 0.438. The molecule has 2 N–H and O–H groups in total. The predicted molar refractivity (Wildman–Crippen MR) is 100 cm³/mol. The maximum atomic E-state index is 5.37. The molecule has 3 unspecified atom stereocenters. The van der Waals surface area contributed by atoms with Gasteiger partial charge in [0.15, 0.2) is 5.96 Å². The second kappa shape index (κ2) is 7.95. The Morgan fingerprint density at radius 3 is 2.44 bits per heavy atom. The van der Waals surface area contributed by atoms with Crippen molar-refractivity contribution in [1.29, 1.82) is 0 Å². The van der Waals surface area contributed by atoms with Gasteiger partial charge in [-0.15, -0.1) is 0 Å². The van der Waals surface area contributed by atoms with Crippen LogP contribution in [-0.4, -0.2) is 57.3 Å². The second-order valence-corrected chi connectivity index (χ2v) is 7.12. The average Bonchev–Trinajstić information content (AvgIpc) is 3.13. The fraction of sp³-hybridized carbons (Fsp3) is 0.632. The number of methoxy groups -OCH3 is 2. The molecule has 1 saturated carbocycles. The molecule has 6 heteroatoms. The van der Waals surface area contributed by atoms with E-state index in [1.165, 1.54) is 12.0 Å². The number of hydrogen-bond donors (Lipinski definition) is 2. The van der Waals surface area contributed by atoms with Crippen LogP contribution in [0, 0.1) is 5.92 Å². The molecule has 6 nitrogen and oxygen atoms in total. The third-order valence-corrected chi connectivity index (χ3v) is 5.09. The second-order valence-electron chi connectivity index (χ2n) is 7.12. The van der Waals surface area contributed by atoms with E-state index in [4.69, 9.17) is 9.47 Å². The van der Waals surface area contributed by atoms with Gasteiger partial charge in [-0.1, -0.05) is 6.92 Å². The Balaban J connectivity index is 1.52. The zero-order valence-corrected chi connectivity index (χ0v) is 15.7. The molecular weight excluding hydrogens is 316 g/mol. The minimum Gasteiger partial charge on any atom is -0.497 e. The molecule has 2 fully saturated rings. The van der Waals surface area contributed by atoms with Crippen LogP contribution in [0.4, 0.5) is 0 Å². The van der Waals surface area contributed by atoms with Crippen LogP contribution in [0.2, 0.25) is 0 Å². The van der Waals surface area contributed by atoms with Crippen LogP contribution in [-0.2, 0) is 6.54 Å². The number of likely N-dealkylation sites (tertiary alicyclic amines) is 1. The summed E-state index contributed by atoms with van der Waals surface area (Å²) in [5, 5.41) is 7.07. The Bertz CT molecular complexity index is 597. The number of rotatable bonds is 6. The van der Waals surface area contributed by atoms with Crippen molar-refractivity contribution in [2.45, 2.75) is 38.4 Å². The molecule has 0 radical (unpaired) electrons. The van der Waals surface area contributed by atoms with Crippen molar-refractivity contribution in [3.05, 3.63) is 23.8 Å². The third kappa shape index (κ3) is 4.78. The number of aliphatic imine (C=N–C) groups is 1. The van der Waals surface area contributed by atoms with Gasteiger partial charge in [0, 0.05) is 44.8 Å². The maximum absolute atomic E-state index is 5.37. The monoisotopic (exact) mass is 346 g/mol. The smallest absolute Gasteiger partial charge is 0.191 e. The molecule has 138 valence electrons. The Kier molecular flexibility index (Phi) is 5.68. The van der Waals surface area contributed by atoms with E-state index < -0.39 is 0 Å². The van der Waals surface area contributed by atoms with E-state index in [1.54, 1.807) is 14.2 Å². The first-order valence-corrected chi connectivity index (χ1v) is 9.05. The normalized spacial score (nSPS) is 26.4. The highest BCUT2D eigenvalue weighted by atomic mass is 16.5. The summed E-state index contributed by atoms with van der Waals surface area (Å²) in [5.41, 5.74) is 1.21. The molecule has 2 aliphatic rings. The number of nitrogens with one attached hydrogen (secondary N) is 2. The molecule has 25 heavy (non-hydrogen) atoms. The molecule has 1 aromatic rings. The van der Waals surface area contributed by atoms with Crippen molar-refractivity contribution in [2.24, 2.45) is 10.9 Å². The Hall–Kier alpha value is -1.95. The van der Waals surface area contributed by atoms with E-state index in [-0.39, 0.29) is 0 Å². The first kappa shape index (κ1) is 17.9. The van der Waals surface area contributed by atoms with Crippen molar-refractivity contribution >= 4 is 5.96 Å². The molecule has 0 spiro atoms. The SMILES string of the molecule is CN=C(NC1CCN(Cc2cc(OC)cc(OC)c2)C1)NC1CC1C. The van der Waals surface area contributed by atoms with Crippen molar-refractivity contribution in [1.82, 2.24) is 15.5 Å². The lowest BCUT2D eigenvalue weighted by molar-refractivity contribution is 0.321. The standard InChI is InChI=1S/C19H30N4O2/c1-13-7-18(13)22-19(20-2)21-15-5-6-23(12-15)11-14-8-16(24-3)10-17(9-14)25-4/h8-10,13,15,18H,5-7,11-12H2,1-4H3,(H2,20,21,22). The lowest BCUT2D eigenvalue weighted by atomic mass is 10.2. The van der Waals surface area contributed by atoms with Gasteiger partial charge < -0.3 is 20.1 Å². The van der Waals surface area contributed by atoms with Gasteiger partial charge in [-0.2, -0.15) is 0 Å². The molecule has 0 amide bonds. The molecule has 3 atom stereocenters. The van der Waals surface area contributed by atoms with Gasteiger partial charge in [0.1, 0.15) is 11.5 Å². The van der Waals surface area contributed by atoms with E-state index in [0.717, 1.165) is 49.4 Å². The fourth-order valence-corrected chi connectivity index (χ4v) is 3.37. The topological polar surface area (TPSA) is 58.1 Å². The molecule has 1 aliphatic carbocycles. The summed E-state index contributed by atoms with van der Waals surface area (Å²) in [5.74, 6) is 3.38. The van der Waals surface area contributed by atoms with Gasteiger partial charge in [-0.05, 0) is 36.5 Å². The quantitative estimate of drug-likeness (QED) is 0.608. The summed E-state index contributed by atoms with van der Waals surface area (Å²) in [6.45, 7) is 5.26. The zero-order valence-electron chi connectivity index (χ0n) is 15.7. The number of hydrogen-bond acceptors (Lipinski definition) is 4. The molecule has 3 rings (SSSR count). The van der Waals surface area contributed by atoms with E-state index in [9.17, 15) is 0 Å². The van der Waals surface area contributed by atoms with E-state index >= 15 is 0 Å². The molecular formula is C19H30N4O2. The number of guanidine groups is 1. The Labute approximate surface area is 150 Å². The highest BCUT2D eigenvalue weighted by Crippen LogP contribution is 2.29. The predicted octanol–water partition coefficient (Wildman–Crippen LogP) is 1.85. The lowest BCUT2D eigenvalue weighted by Gasteiger charge is -2.19. The lowest BCUT2D eigenvalue weighted by Crippen LogP contribution is -2.45. The van der Waals surface area contributed by atoms with Crippen LogP contribution in [0.15, 0.2) is 23.2 Å².